The Kier molecular flexibility index (Phi) is 3.48. The molecule has 78 valence electrons. The highest BCUT2D eigenvalue weighted by atomic mass is 32.2. The SMILES string of the molecule is NCc1cc(CC2CCCSC2)on1. The molecule has 1 aromatic heterocycles. The van der Waals surface area contributed by atoms with Gasteiger partial charge in [0.25, 0.3) is 0 Å². The summed E-state index contributed by atoms with van der Waals surface area (Å²) in [5.74, 6) is 4.35. The van der Waals surface area contributed by atoms with E-state index < -0.39 is 0 Å². The third-order valence-electron chi connectivity index (χ3n) is 2.56. The van der Waals surface area contributed by atoms with E-state index in [1.165, 1.54) is 24.3 Å². The molecule has 0 aromatic carbocycles. The monoisotopic (exact) mass is 212 g/mol. The van der Waals surface area contributed by atoms with Gasteiger partial charge in [-0.2, -0.15) is 11.8 Å². The molecule has 14 heavy (non-hydrogen) atoms. The Labute approximate surface area is 88.4 Å². The van der Waals surface area contributed by atoms with Crippen molar-refractivity contribution in [2.75, 3.05) is 11.5 Å². The second-order valence-corrected chi connectivity index (χ2v) is 4.93. The van der Waals surface area contributed by atoms with Gasteiger partial charge in [0.2, 0.25) is 0 Å². The van der Waals surface area contributed by atoms with Crippen LogP contribution in [-0.4, -0.2) is 16.7 Å². The summed E-state index contributed by atoms with van der Waals surface area (Å²) in [5.41, 5.74) is 6.33. The van der Waals surface area contributed by atoms with E-state index in [9.17, 15) is 0 Å². The molecule has 4 heteroatoms. The summed E-state index contributed by atoms with van der Waals surface area (Å²) in [6.45, 7) is 0.475. The van der Waals surface area contributed by atoms with Gasteiger partial charge < -0.3 is 10.3 Å². The standard InChI is InChI=1S/C10H16N2OS/c11-6-9-5-10(13-12-9)4-8-2-1-3-14-7-8/h5,8H,1-4,6-7,11H2. The lowest BCUT2D eigenvalue weighted by atomic mass is 10.00. The summed E-state index contributed by atoms with van der Waals surface area (Å²) in [6, 6.07) is 1.99. The minimum atomic E-state index is 0.475. The van der Waals surface area contributed by atoms with Crippen LogP contribution in [0.15, 0.2) is 10.6 Å². The third-order valence-corrected chi connectivity index (χ3v) is 3.85. The minimum Gasteiger partial charge on any atom is -0.361 e. The summed E-state index contributed by atoms with van der Waals surface area (Å²) in [7, 11) is 0. The lowest BCUT2D eigenvalue weighted by Crippen LogP contribution is -2.12. The Hall–Kier alpha value is -0.480. The van der Waals surface area contributed by atoms with Crippen molar-refractivity contribution >= 4 is 11.8 Å². The quantitative estimate of drug-likeness (QED) is 0.830. The van der Waals surface area contributed by atoms with Gasteiger partial charge in [0, 0.05) is 19.0 Å². The number of aromatic nitrogens is 1. The Morgan fingerprint density at radius 1 is 1.64 bits per heavy atom. The smallest absolute Gasteiger partial charge is 0.137 e. The first kappa shape index (κ1) is 10.1. The Balaban J connectivity index is 1.89. The van der Waals surface area contributed by atoms with Gasteiger partial charge in [0.05, 0.1) is 5.69 Å². The largest absolute Gasteiger partial charge is 0.361 e. The molecule has 2 rings (SSSR count). The van der Waals surface area contributed by atoms with Gasteiger partial charge >= 0.3 is 0 Å². The molecule has 0 spiro atoms. The molecule has 1 saturated heterocycles. The van der Waals surface area contributed by atoms with Crippen LogP contribution in [-0.2, 0) is 13.0 Å². The lowest BCUT2D eigenvalue weighted by molar-refractivity contribution is 0.354. The number of hydrogen-bond donors (Lipinski definition) is 1. The highest BCUT2D eigenvalue weighted by Gasteiger charge is 2.16. The summed E-state index contributed by atoms with van der Waals surface area (Å²) in [5, 5.41) is 3.89. The maximum absolute atomic E-state index is 5.47. The van der Waals surface area contributed by atoms with Crippen molar-refractivity contribution in [1.29, 1.82) is 0 Å². The molecule has 0 saturated carbocycles. The molecule has 1 aliphatic rings. The van der Waals surface area contributed by atoms with E-state index in [2.05, 4.69) is 5.16 Å². The molecule has 0 amide bonds. The molecule has 1 aliphatic heterocycles. The van der Waals surface area contributed by atoms with E-state index >= 15 is 0 Å². The van der Waals surface area contributed by atoms with Crippen LogP contribution in [0.4, 0.5) is 0 Å². The summed E-state index contributed by atoms with van der Waals surface area (Å²) >= 11 is 2.05. The average molecular weight is 212 g/mol. The number of hydrogen-bond acceptors (Lipinski definition) is 4. The van der Waals surface area contributed by atoms with Crippen LogP contribution in [0.2, 0.25) is 0 Å². The Morgan fingerprint density at radius 2 is 2.57 bits per heavy atom. The summed E-state index contributed by atoms with van der Waals surface area (Å²) < 4.78 is 5.22. The van der Waals surface area contributed by atoms with E-state index in [4.69, 9.17) is 10.3 Å². The molecule has 2 heterocycles. The minimum absolute atomic E-state index is 0.475. The normalized spacial score (nSPS) is 22.5. The van der Waals surface area contributed by atoms with Crippen molar-refractivity contribution in [2.45, 2.75) is 25.8 Å². The van der Waals surface area contributed by atoms with Crippen LogP contribution < -0.4 is 5.73 Å². The van der Waals surface area contributed by atoms with Crippen LogP contribution >= 0.6 is 11.8 Å². The molecule has 1 fully saturated rings. The zero-order valence-corrected chi connectivity index (χ0v) is 9.05. The molecular formula is C10H16N2OS. The zero-order chi connectivity index (χ0) is 9.80. The average Bonchev–Trinajstić information content (AvgIpc) is 2.67. The Morgan fingerprint density at radius 3 is 3.21 bits per heavy atom. The molecule has 1 unspecified atom stereocenters. The van der Waals surface area contributed by atoms with E-state index in [1.807, 2.05) is 17.8 Å². The van der Waals surface area contributed by atoms with Crippen LogP contribution in [0, 0.1) is 5.92 Å². The predicted molar refractivity (Wildman–Crippen MR) is 58.1 cm³/mol. The second kappa shape index (κ2) is 4.84. The van der Waals surface area contributed by atoms with Crippen molar-refractivity contribution in [3.05, 3.63) is 17.5 Å². The van der Waals surface area contributed by atoms with Gasteiger partial charge in [-0.1, -0.05) is 5.16 Å². The first-order chi connectivity index (χ1) is 6.88. The fourth-order valence-corrected chi connectivity index (χ4v) is 2.96. The van der Waals surface area contributed by atoms with E-state index in [1.54, 1.807) is 0 Å². The maximum Gasteiger partial charge on any atom is 0.137 e. The Bertz CT molecular complexity index is 281. The molecule has 0 radical (unpaired) electrons. The van der Waals surface area contributed by atoms with Crippen molar-refractivity contribution in [3.8, 4) is 0 Å². The molecular weight excluding hydrogens is 196 g/mol. The lowest BCUT2D eigenvalue weighted by Gasteiger charge is -2.19. The number of nitrogens with zero attached hydrogens (tertiary/aromatic N) is 1. The van der Waals surface area contributed by atoms with Crippen LogP contribution in [0.1, 0.15) is 24.3 Å². The number of thioether (sulfide) groups is 1. The van der Waals surface area contributed by atoms with Crippen molar-refractivity contribution < 1.29 is 4.52 Å². The molecule has 0 aliphatic carbocycles. The van der Waals surface area contributed by atoms with Crippen LogP contribution in [0.3, 0.4) is 0 Å². The van der Waals surface area contributed by atoms with Crippen LogP contribution in [0.25, 0.3) is 0 Å². The van der Waals surface area contributed by atoms with Gasteiger partial charge in [0.15, 0.2) is 0 Å². The van der Waals surface area contributed by atoms with Crippen LogP contribution in [0.5, 0.6) is 0 Å². The molecule has 0 bridgehead atoms. The topological polar surface area (TPSA) is 52.0 Å². The number of nitrogens with two attached hydrogens (primary N) is 1. The predicted octanol–water partition coefficient (Wildman–Crippen LogP) is 1.82. The van der Waals surface area contributed by atoms with Gasteiger partial charge in [0.1, 0.15) is 5.76 Å². The van der Waals surface area contributed by atoms with E-state index in [0.29, 0.717) is 6.54 Å². The van der Waals surface area contributed by atoms with Crippen molar-refractivity contribution in [3.63, 3.8) is 0 Å². The summed E-state index contributed by atoms with van der Waals surface area (Å²) in [6.07, 6.45) is 3.69. The van der Waals surface area contributed by atoms with E-state index in [0.717, 1.165) is 23.8 Å². The van der Waals surface area contributed by atoms with E-state index in [-0.39, 0.29) is 0 Å². The highest BCUT2D eigenvalue weighted by Crippen LogP contribution is 2.25. The first-order valence-corrected chi connectivity index (χ1v) is 6.26. The third kappa shape index (κ3) is 2.51. The molecule has 1 atom stereocenters. The molecule has 2 N–H and O–H groups in total. The molecule has 1 aromatic rings. The molecule has 3 nitrogen and oxygen atoms in total. The fourth-order valence-electron chi connectivity index (χ4n) is 1.80. The fraction of sp³-hybridized carbons (Fsp3) is 0.700. The maximum atomic E-state index is 5.47. The van der Waals surface area contributed by atoms with Gasteiger partial charge in [-0.15, -0.1) is 0 Å². The van der Waals surface area contributed by atoms with Gasteiger partial charge in [-0.05, 0) is 30.3 Å². The van der Waals surface area contributed by atoms with Gasteiger partial charge in [-0.3, -0.25) is 0 Å². The number of rotatable bonds is 3. The van der Waals surface area contributed by atoms with Crippen molar-refractivity contribution in [2.24, 2.45) is 11.7 Å². The summed E-state index contributed by atoms with van der Waals surface area (Å²) in [4.78, 5) is 0. The zero-order valence-electron chi connectivity index (χ0n) is 8.24. The highest BCUT2D eigenvalue weighted by molar-refractivity contribution is 7.99. The second-order valence-electron chi connectivity index (χ2n) is 3.78. The first-order valence-electron chi connectivity index (χ1n) is 5.11. The van der Waals surface area contributed by atoms with Gasteiger partial charge in [-0.25, -0.2) is 0 Å². The van der Waals surface area contributed by atoms with Crippen molar-refractivity contribution in [1.82, 2.24) is 5.16 Å².